The summed E-state index contributed by atoms with van der Waals surface area (Å²) in [5.41, 5.74) is 1.46. The molecular weight excluding hydrogens is 378 g/mol. The number of benzene rings is 3. The third-order valence-electron chi connectivity index (χ3n) is 4.28. The van der Waals surface area contributed by atoms with E-state index in [9.17, 15) is 14.7 Å². The van der Waals surface area contributed by atoms with Crippen molar-refractivity contribution < 1.29 is 14.3 Å². The van der Waals surface area contributed by atoms with Crippen LogP contribution in [0.15, 0.2) is 82.0 Å². The smallest absolute Gasteiger partial charge is 0.344 e. The van der Waals surface area contributed by atoms with Crippen molar-refractivity contribution in [2.24, 2.45) is 0 Å². The van der Waals surface area contributed by atoms with Crippen molar-refractivity contribution in [3.8, 4) is 16.9 Å². The summed E-state index contributed by atoms with van der Waals surface area (Å²) in [4.78, 5) is 25.0. The fourth-order valence-corrected chi connectivity index (χ4v) is 3.07. The van der Waals surface area contributed by atoms with E-state index in [0.717, 1.165) is 5.39 Å². The zero-order valence-electron chi connectivity index (χ0n) is 14.5. The Morgan fingerprint density at radius 1 is 0.964 bits per heavy atom. The first-order valence-corrected chi connectivity index (χ1v) is 8.82. The van der Waals surface area contributed by atoms with E-state index < -0.39 is 11.5 Å². The second-order valence-electron chi connectivity index (χ2n) is 6.18. The van der Waals surface area contributed by atoms with Crippen molar-refractivity contribution in [3.63, 3.8) is 0 Å². The summed E-state index contributed by atoms with van der Waals surface area (Å²) in [5, 5.41) is 13.7. The maximum Gasteiger partial charge on any atom is 0.344 e. The van der Waals surface area contributed by atoms with Gasteiger partial charge in [0.05, 0.1) is 11.3 Å². The Balaban J connectivity index is 1.70. The zero-order chi connectivity index (χ0) is 19.7. The fourth-order valence-electron chi connectivity index (χ4n) is 2.89. The highest BCUT2D eigenvalue weighted by molar-refractivity contribution is 6.31. The normalized spacial score (nSPS) is 10.8. The number of amides is 1. The molecule has 28 heavy (non-hydrogen) atoms. The average Bonchev–Trinajstić information content (AvgIpc) is 2.70. The molecule has 0 saturated carbocycles. The van der Waals surface area contributed by atoms with E-state index in [-0.39, 0.29) is 11.4 Å². The standard InChI is InChI=1S/C22H14ClNO4/c23-16-8-9-19(25)18(12-16)24-21(26)15-6-3-5-13(10-15)17-11-14-4-1-2-7-20(14)28-22(17)27/h1-12,25H,(H,24,26). The molecule has 0 fully saturated rings. The first-order valence-electron chi connectivity index (χ1n) is 8.44. The molecule has 1 aromatic heterocycles. The van der Waals surface area contributed by atoms with Crippen LogP contribution in [0.3, 0.4) is 0 Å². The summed E-state index contributed by atoms with van der Waals surface area (Å²) in [6, 6.07) is 19.9. The van der Waals surface area contributed by atoms with E-state index in [1.165, 1.54) is 18.2 Å². The molecule has 1 heterocycles. The molecule has 0 aliphatic carbocycles. The Morgan fingerprint density at radius 3 is 2.64 bits per heavy atom. The van der Waals surface area contributed by atoms with Crippen molar-refractivity contribution in [1.82, 2.24) is 0 Å². The molecule has 0 spiro atoms. The molecule has 4 aromatic rings. The minimum absolute atomic E-state index is 0.0934. The molecule has 1 amide bonds. The van der Waals surface area contributed by atoms with Crippen LogP contribution in [0.5, 0.6) is 5.75 Å². The highest BCUT2D eigenvalue weighted by Gasteiger charge is 2.13. The lowest BCUT2D eigenvalue weighted by Gasteiger charge is -2.09. The third kappa shape index (κ3) is 3.48. The minimum Gasteiger partial charge on any atom is -0.506 e. The van der Waals surface area contributed by atoms with Gasteiger partial charge in [0.1, 0.15) is 11.3 Å². The van der Waals surface area contributed by atoms with Crippen molar-refractivity contribution in [2.75, 3.05) is 5.32 Å². The van der Waals surface area contributed by atoms with Gasteiger partial charge in [-0.25, -0.2) is 4.79 Å². The number of aromatic hydroxyl groups is 1. The molecular formula is C22H14ClNO4. The average molecular weight is 392 g/mol. The van der Waals surface area contributed by atoms with Gasteiger partial charge in [-0.15, -0.1) is 0 Å². The minimum atomic E-state index is -0.483. The van der Waals surface area contributed by atoms with Crippen LogP contribution in [0.25, 0.3) is 22.1 Å². The molecule has 2 N–H and O–H groups in total. The molecule has 6 heteroatoms. The Kier molecular flexibility index (Phi) is 4.59. The number of fused-ring (bicyclic) bond motifs is 1. The number of phenols is 1. The number of para-hydroxylation sites is 1. The van der Waals surface area contributed by atoms with Crippen LogP contribution in [0, 0.1) is 0 Å². The summed E-state index contributed by atoms with van der Waals surface area (Å²) < 4.78 is 5.37. The number of carbonyl (C=O) groups is 1. The molecule has 0 bridgehead atoms. The van der Waals surface area contributed by atoms with Gasteiger partial charge in [-0.3, -0.25) is 4.79 Å². The Morgan fingerprint density at radius 2 is 1.79 bits per heavy atom. The van der Waals surface area contributed by atoms with E-state index in [4.69, 9.17) is 16.0 Å². The van der Waals surface area contributed by atoms with Gasteiger partial charge < -0.3 is 14.8 Å². The van der Waals surface area contributed by atoms with Gasteiger partial charge >= 0.3 is 5.63 Å². The molecule has 4 rings (SSSR count). The van der Waals surface area contributed by atoms with E-state index in [1.807, 2.05) is 12.1 Å². The Bertz CT molecular complexity index is 1260. The van der Waals surface area contributed by atoms with Gasteiger partial charge in [-0.1, -0.05) is 41.9 Å². The van der Waals surface area contributed by atoms with Crippen LogP contribution >= 0.6 is 11.6 Å². The van der Waals surface area contributed by atoms with E-state index in [1.54, 1.807) is 42.5 Å². The number of carbonyl (C=O) groups excluding carboxylic acids is 1. The number of nitrogens with one attached hydrogen (secondary N) is 1. The first-order chi connectivity index (χ1) is 13.5. The van der Waals surface area contributed by atoms with Crippen LogP contribution in [0.4, 0.5) is 5.69 Å². The van der Waals surface area contributed by atoms with Gasteiger partial charge in [0.2, 0.25) is 0 Å². The molecule has 138 valence electrons. The fraction of sp³-hybridized carbons (Fsp3) is 0. The maximum atomic E-state index is 12.6. The lowest BCUT2D eigenvalue weighted by atomic mass is 10.0. The molecule has 0 atom stereocenters. The SMILES string of the molecule is O=C(Nc1cc(Cl)ccc1O)c1cccc(-c2cc3ccccc3oc2=O)c1. The van der Waals surface area contributed by atoms with Crippen molar-refractivity contribution in [3.05, 3.63) is 93.8 Å². The number of rotatable bonds is 3. The first kappa shape index (κ1) is 17.8. The molecule has 0 saturated heterocycles. The van der Waals surface area contributed by atoms with Crippen molar-refractivity contribution in [1.29, 1.82) is 0 Å². The van der Waals surface area contributed by atoms with E-state index in [0.29, 0.717) is 27.3 Å². The van der Waals surface area contributed by atoms with Gasteiger partial charge in [0.15, 0.2) is 0 Å². The van der Waals surface area contributed by atoms with E-state index in [2.05, 4.69) is 5.32 Å². The number of phenolic OH excluding ortho intramolecular Hbond substituents is 1. The highest BCUT2D eigenvalue weighted by atomic mass is 35.5. The molecule has 0 unspecified atom stereocenters. The Hall–Kier alpha value is -3.57. The lowest BCUT2D eigenvalue weighted by molar-refractivity contribution is 0.102. The maximum absolute atomic E-state index is 12.6. The summed E-state index contributed by atoms with van der Waals surface area (Å²) in [6.45, 7) is 0. The molecule has 0 radical (unpaired) electrons. The Labute approximate surface area is 164 Å². The summed E-state index contributed by atoms with van der Waals surface area (Å²) in [6.07, 6.45) is 0. The third-order valence-corrected chi connectivity index (χ3v) is 4.52. The molecule has 3 aromatic carbocycles. The quantitative estimate of drug-likeness (QED) is 0.377. The van der Waals surface area contributed by atoms with Gasteiger partial charge in [-0.05, 0) is 48.0 Å². The highest BCUT2D eigenvalue weighted by Crippen LogP contribution is 2.27. The van der Waals surface area contributed by atoms with Crippen LogP contribution in [-0.4, -0.2) is 11.0 Å². The van der Waals surface area contributed by atoms with Gasteiger partial charge in [0.25, 0.3) is 5.91 Å². The van der Waals surface area contributed by atoms with Crippen LogP contribution in [0.2, 0.25) is 5.02 Å². The summed E-state index contributed by atoms with van der Waals surface area (Å²) in [7, 11) is 0. The second-order valence-corrected chi connectivity index (χ2v) is 6.62. The van der Waals surface area contributed by atoms with Crippen molar-refractivity contribution >= 4 is 34.2 Å². The van der Waals surface area contributed by atoms with Crippen molar-refractivity contribution in [2.45, 2.75) is 0 Å². The second kappa shape index (κ2) is 7.21. The predicted octanol–water partition coefficient (Wildman–Crippen LogP) is 5.07. The number of anilines is 1. The number of halogens is 1. The predicted molar refractivity (Wildman–Crippen MR) is 109 cm³/mol. The summed E-state index contributed by atoms with van der Waals surface area (Å²) >= 11 is 5.91. The largest absolute Gasteiger partial charge is 0.506 e. The number of hydrogen-bond donors (Lipinski definition) is 2. The zero-order valence-corrected chi connectivity index (χ0v) is 15.2. The molecule has 5 nitrogen and oxygen atoms in total. The van der Waals surface area contributed by atoms with Crippen LogP contribution in [0.1, 0.15) is 10.4 Å². The van der Waals surface area contributed by atoms with E-state index >= 15 is 0 Å². The summed E-state index contributed by atoms with van der Waals surface area (Å²) in [5.74, 6) is -0.534. The monoisotopic (exact) mass is 391 g/mol. The number of hydrogen-bond acceptors (Lipinski definition) is 4. The van der Waals surface area contributed by atoms with Crippen LogP contribution in [-0.2, 0) is 0 Å². The topological polar surface area (TPSA) is 79.5 Å². The lowest BCUT2D eigenvalue weighted by Crippen LogP contribution is -2.12. The van der Waals surface area contributed by atoms with Gasteiger partial charge in [-0.2, -0.15) is 0 Å². The van der Waals surface area contributed by atoms with Gasteiger partial charge in [0, 0.05) is 16.0 Å². The molecule has 0 aliphatic rings. The molecule has 0 aliphatic heterocycles. The van der Waals surface area contributed by atoms with Crippen LogP contribution < -0.4 is 10.9 Å².